The zero-order valence-corrected chi connectivity index (χ0v) is 16.2. The van der Waals surface area contributed by atoms with Crippen molar-refractivity contribution in [2.45, 2.75) is 44.7 Å². The minimum atomic E-state index is 0.107. The molecule has 5 heteroatoms. The lowest BCUT2D eigenvalue weighted by Gasteiger charge is -2.31. The van der Waals surface area contributed by atoms with Gasteiger partial charge in [-0.1, -0.05) is 12.1 Å². The molecule has 25 heavy (non-hydrogen) atoms. The molecule has 0 aliphatic carbocycles. The highest BCUT2D eigenvalue weighted by Crippen LogP contribution is 2.24. The summed E-state index contributed by atoms with van der Waals surface area (Å²) in [4.78, 5) is 16.5. The molecule has 2 heterocycles. The van der Waals surface area contributed by atoms with Crippen LogP contribution in [0.5, 0.6) is 0 Å². The van der Waals surface area contributed by atoms with Crippen molar-refractivity contribution in [3.63, 3.8) is 0 Å². The second-order valence-corrected chi connectivity index (χ2v) is 7.64. The van der Waals surface area contributed by atoms with Crippen LogP contribution >= 0.6 is 11.8 Å². The van der Waals surface area contributed by atoms with E-state index in [0.29, 0.717) is 5.78 Å². The summed E-state index contributed by atoms with van der Waals surface area (Å²) in [6.07, 6.45) is 6.27. The molecule has 0 spiro atoms. The van der Waals surface area contributed by atoms with Crippen molar-refractivity contribution in [1.82, 2.24) is 14.7 Å². The normalized spacial score (nSPS) is 18.4. The molecule has 1 aromatic heterocycles. The molecule has 0 unspecified atom stereocenters. The SMILES string of the molecule is CCn1cc(CN2CCC[C@@H](C(=O)c3ccc(SC)cc3)C2)c(C)n1. The number of carbonyl (C=O) groups is 1. The number of aromatic nitrogens is 2. The summed E-state index contributed by atoms with van der Waals surface area (Å²) in [5, 5.41) is 4.53. The lowest BCUT2D eigenvalue weighted by atomic mass is 9.90. The predicted octanol–water partition coefficient (Wildman–Crippen LogP) is 4.03. The Balaban J connectivity index is 1.65. The molecule has 1 aliphatic heterocycles. The van der Waals surface area contributed by atoms with Gasteiger partial charge in [-0.2, -0.15) is 5.10 Å². The summed E-state index contributed by atoms with van der Waals surface area (Å²) in [7, 11) is 0. The average molecular weight is 358 g/mol. The van der Waals surface area contributed by atoms with Crippen LogP contribution in [0.3, 0.4) is 0 Å². The Morgan fingerprint density at radius 2 is 2.08 bits per heavy atom. The van der Waals surface area contributed by atoms with E-state index in [4.69, 9.17) is 0 Å². The number of likely N-dealkylation sites (tertiary alicyclic amines) is 1. The van der Waals surface area contributed by atoms with Gasteiger partial charge in [0.15, 0.2) is 5.78 Å². The number of aryl methyl sites for hydroxylation is 2. The zero-order valence-electron chi connectivity index (χ0n) is 15.4. The van der Waals surface area contributed by atoms with Crippen molar-refractivity contribution in [3.8, 4) is 0 Å². The minimum absolute atomic E-state index is 0.107. The number of hydrogen-bond donors (Lipinski definition) is 0. The Labute approximate surface area is 154 Å². The maximum atomic E-state index is 12.9. The van der Waals surface area contributed by atoms with Gasteiger partial charge in [0.25, 0.3) is 0 Å². The Bertz CT molecular complexity index is 723. The van der Waals surface area contributed by atoms with Gasteiger partial charge >= 0.3 is 0 Å². The van der Waals surface area contributed by atoms with Gasteiger partial charge in [0, 0.05) is 47.8 Å². The Morgan fingerprint density at radius 1 is 1.32 bits per heavy atom. The maximum absolute atomic E-state index is 12.9. The fraction of sp³-hybridized carbons (Fsp3) is 0.500. The lowest BCUT2D eigenvalue weighted by Crippen LogP contribution is -2.38. The maximum Gasteiger partial charge on any atom is 0.167 e. The molecule has 1 aliphatic rings. The number of thioether (sulfide) groups is 1. The third-order valence-electron chi connectivity index (χ3n) is 5.02. The van der Waals surface area contributed by atoms with E-state index in [-0.39, 0.29) is 5.92 Å². The zero-order chi connectivity index (χ0) is 17.8. The summed E-state index contributed by atoms with van der Waals surface area (Å²) in [6, 6.07) is 8.03. The molecular formula is C20H27N3OS. The molecule has 134 valence electrons. The number of nitrogens with zero attached hydrogens (tertiary/aromatic N) is 3. The number of rotatable bonds is 6. The number of hydrogen-bond acceptors (Lipinski definition) is 4. The third kappa shape index (κ3) is 4.33. The molecule has 1 aromatic carbocycles. The van der Waals surface area contributed by atoms with E-state index in [1.807, 2.05) is 28.9 Å². The van der Waals surface area contributed by atoms with E-state index in [9.17, 15) is 4.79 Å². The minimum Gasteiger partial charge on any atom is -0.298 e. The van der Waals surface area contributed by atoms with Gasteiger partial charge in [-0.15, -0.1) is 11.8 Å². The van der Waals surface area contributed by atoms with Crippen LogP contribution in [0.25, 0.3) is 0 Å². The molecule has 0 saturated carbocycles. The molecule has 3 rings (SSSR count). The first-order valence-corrected chi connectivity index (χ1v) is 10.3. The fourth-order valence-electron chi connectivity index (χ4n) is 3.52. The first-order chi connectivity index (χ1) is 12.1. The molecular weight excluding hydrogens is 330 g/mol. The number of Topliss-reactive ketones (excluding diaryl/α,β-unsaturated/α-hetero) is 1. The Kier molecular flexibility index (Phi) is 5.97. The Hall–Kier alpha value is -1.59. The molecule has 1 fully saturated rings. The van der Waals surface area contributed by atoms with Crippen LogP contribution in [0.4, 0.5) is 0 Å². The molecule has 2 aromatic rings. The smallest absolute Gasteiger partial charge is 0.167 e. The van der Waals surface area contributed by atoms with Crippen LogP contribution in [0.1, 0.15) is 41.4 Å². The van der Waals surface area contributed by atoms with E-state index in [0.717, 1.165) is 50.3 Å². The molecule has 0 N–H and O–H groups in total. The van der Waals surface area contributed by atoms with E-state index < -0.39 is 0 Å². The molecule has 0 radical (unpaired) electrons. The molecule has 1 saturated heterocycles. The number of piperidine rings is 1. The van der Waals surface area contributed by atoms with Gasteiger partial charge in [0.2, 0.25) is 0 Å². The third-order valence-corrected chi connectivity index (χ3v) is 5.76. The largest absolute Gasteiger partial charge is 0.298 e. The standard InChI is InChI=1S/C20H27N3OS/c1-4-23-14-18(15(2)21-23)13-22-11-5-6-17(12-22)20(24)16-7-9-19(25-3)10-8-16/h7-10,14,17H,4-6,11-13H2,1-3H3/t17-/m1/s1. The van der Waals surface area contributed by atoms with E-state index in [1.165, 1.54) is 10.5 Å². The highest BCUT2D eigenvalue weighted by Gasteiger charge is 2.27. The van der Waals surface area contributed by atoms with Crippen molar-refractivity contribution in [2.24, 2.45) is 5.92 Å². The van der Waals surface area contributed by atoms with Gasteiger partial charge in [-0.25, -0.2) is 0 Å². The van der Waals surface area contributed by atoms with Gasteiger partial charge in [-0.05, 0) is 51.6 Å². The van der Waals surface area contributed by atoms with Gasteiger partial charge in [0.05, 0.1) is 5.69 Å². The van der Waals surface area contributed by atoms with Crippen LogP contribution in [-0.4, -0.2) is 39.8 Å². The first-order valence-electron chi connectivity index (χ1n) is 9.04. The molecule has 0 amide bonds. The van der Waals surface area contributed by atoms with E-state index in [2.05, 4.69) is 36.3 Å². The van der Waals surface area contributed by atoms with Crippen LogP contribution in [0.2, 0.25) is 0 Å². The average Bonchev–Trinajstić information content (AvgIpc) is 3.01. The predicted molar refractivity (Wildman–Crippen MR) is 103 cm³/mol. The fourth-order valence-corrected chi connectivity index (χ4v) is 3.93. The van der Waals surface area contributed by atoms with Gasteiger partial charge < -0.3 is 0 Å². The second-order valence-electron chi connectivity index (χ2n) is 6.76. The highest BCUT2D eigenvalue weighted by molar-refractivity contribution is 7.98. The molecule has 0 bridgehead atoms. The van der Waals surface area contributed by atoms with Crippen molar-refractivity contribution >= 4 is 17.5 Å². The second kappa shape index (κ2) is 8.19. The summed E-state index contributed by atoms with van der Waals surface area (Å²) in [5.41, 5.74) is 3.22. The van der Waals surface area contributed by atoms with Crippen LogP contribution in [-0.2, 0) is 13.1 Å². The summed E-state index contributed by atoms with van der Waals surface area (Å²) in [5.74, 6) is 0.397. The topological polar surface area (TPSA) is 38.1 Å². The van der Waals surface area contributed by atoms with E-state index >= 15 is 0 Å². The highest BCUT2D eigenvalue weighted by atomic mass is 32.2. The number of benzene rings is 1. The summed E-state index contributed by atoms with van der Waals surface area (Å²) < 4.78 is 1.99. The van der Waals surface area contributed by atoms with Crippen molar-refractivity contribution in [2.75, 3.05) is 19.3 Å². The van der Waals surface area contributed by atoms with Crippen LogP contribution in [0, 0.1) is 12.8 Å². The Morgan fingerprint density at radius 3 is 2.72 bits per heavy atom. The van der Waals surface area contributed by atoms with E-state index in [1.54, 1.807) is 11.8 Å². The van der Waals surface area contributed by atoms with Crippen molar-refractivity contribution in [1.29, 1.82) is 0 Å². The summed E-state index contributed by atoms with van der Waals surface area (Å²) in [6.45, 7) is 7.87. The summed E-state index contributed by atoms with van der Waals surface area (Å²) >= 11 is 1.70. The lowest BCUT2D eigenvalue weighted by molar-refractivity contribution is 0.0811. The number of ketones is 1. The molecule has 4 nitrogen and oxygen atoms in total. The van der Waals surface area contributed by atoms with Gasteiger partial charge in [-0.3, -0.25) is 14.4 Å². The van der Waals surface area contributed by atoms with Crippen molar-refractivity contribution in [3.05, 3.63) is 47.3 Å². The van der Waals surface area contributed by atoms with Crippen LogP contribution < -0.4 is 0 Å². The monoisotopic (exact) mass is 357 g/mol. The van der Waals surface area contributed by atoms with Gasteiger partial charge in [0.1, 0.15) is 0 Å². The quantitative estimate of drug-likeness (QED) is 0.578. The number of carbonyl (C=O) groups excluding carboxylic acids is 1. The first kappa shape index (κ1) is 18.2. The molecule has 1 atom stereocenters. The van der Waals surface area contributed by atoms with Crippen LogP contribution in [0.15, 0.2) is 35.4 Å². The van der Waals surface area contributed by atoms with Crippen molar-refractivity contribution < 1.29 is 4.79 Å².